The van der Waals surface area contributed by atoms with Crippen LogP contribution >= 0.6 is 0 Å². The van der Waals surface area contributed by atoms with Crippen molar-refractivity contribution in [3.05, 3.63) is 87.7 Å². The number of rotatable bonds is 6. The Morgan fingerprint density at radius 1 is 1.09 bits per heavy atom. The summed E-state index contributed by atoms with van der Waals surface area (Å²) < 4.78 is 6.81. The highest BCUT2D eigenvalue weighted by Gasteiger charge is 2.18. The number of carbonyl (C=O) groups is 3. The highest BCUT2D eigenvalue weighted by atomic mass is 16.5. The minimum absolute atomic E-state index is 0.0217. The number of aromatic carboxylic acids is 1. The van der Waals surface area contributed by atoms with Gasteiger partial charge in [-0.1, -0.05) is 12.1 Å². The number of benzene rings is 2. The normalized spacial score (nSPS) is 11.0. The number of nitrogens with zero attached hydrogens (tertiary/aromatic N) is 2. The Kier molecular flexibility index (Phi) is 6.98. The Balaban J connectivity index is 1.98. The molecule has 172 valence electrons. The van der Waals surface area contributed by atoms with Gasteiger partial charge in [0.15, 0.2) is 0 Å². The van der Waals surface area contributed by atoms with Crippen molar-refractivity contribution < 1.29 is 24.2 Å². The van der Waals surface area contributed by atoms with E-state index in [2.05, 4.69) is 5.32 Å². The molecule has 0 aliphatic carbocycles. The third-order valence-corrected chi connectivity index (χ3v) is 5.45. The van der Waals surface area contributed by atoms with Crippen molar-refractivity contribution in [2.24, 2.45) is 0 Å². The van der Waals surface area contributed by atoms with Gasteiger partial charge in [-0.25, -0.2) is 9.59 Å². The van der Waals surface area contributed by atoms with Crippen LogP contribution in [0.5, 0.6) is 0 Å². The molecule has 3 aromatic rings. The first kappa shape index (κ1) is 24.0. The fourth-order valence-corrected chi connectivity index (χ4v) is 3.73. The van der Waals surface area contributed by atoms with Gasteiger partial charge in [0.25, 0.3) is 5.91 Å². The summed E-state index contributed by atoms with van der Waals surface area (Å²) in [7, 11) is 1.33. The minimum atomic E-state index is -1.12. The summed E-state index contributed by atoms with van der Waals surface area (Å²) in [5, 5.41) is 21.3. The molecule has 0 bridgehead atoms. The van der Waals surface area contributed by atoms with Crippen LogP contribution in [0.25, 0.3) is 11.8 Å². The maximum Gasteiger partial charge on any atom is 0.338 e. The lowest BCUT2D eigenvalue weighted by Crippen LogP contribution is -2.14. The van der Waals surface area contributed by atoms with Gasteiger partial charge in [-0.05, 0) is 74.4 Å². The Labute approximate surface area is 196 Å². The maximum absolute atomic E-state index is 12.7. The largest absolute Gasteiger partial charge is 0.478 e. The van der Waals surface area contributed by atoms with Crippen molar-refractivity contribution in [3.8, 4) is 11.8 Å². The number of carbonyl (C=O) groups excluding carboxylic acids is 2. The number of hydrogen-bond acceptors (Lipinski definition) is 5. The number of carboxylic acid groups (broad SMARTS) is 1. The fraction of sp³-hybridized carbons (Fsp3) is 0.154. The van der Waals surface area contributed by atoms with E-state index in [1.807, 2.05) is 43.5 Å². The van der Waals surface area contributed by atoms with E-state index in [4.69, 9.17) is 9.84 Å². The van der Waals surface area contributed by atoms with Gasteiger partial charge in [0.05, 0.1) is 18.2 Å². The first-order valence-electron chi connectivity index (χ1n) is 10.3. The van der Waals surface area contributed by atoms with Gasteiger partial charge >= 0.3 is 11.9 Å². The van der Waals surface area contributed by atoms with E-state index in [0.717, 1.165) is 22.6 Å². The van der Waals surface area contributed by atoms with Crippen LogP contribution in [0.4, 0.5) is 5.69 Å². The summed E-state index contributed by atoms with van der Waals surface area (Å²) in [5.74, 6) is -2.21. The van der Waals surface area contributed by atoms with Crippen LogP contribution in [0, 0.1) is 32.1 Å². The van der Waals surface area contributed by atoms with Gasteiger partial charge in [0, 0.05) is 22.8 Å². The number of ether oxygens (including phenoxy) is 1. The van der Waals surface area contributed by atoms with Crippen LogP contribution in [0.3, 0.4) is 0 Å². The predicted octanol–water partition coefficient (Wildman–Crippen LogP) is 4.43. The summed E-state index contributed by atoms with van der Waals surface area (Å²) in [5.41, 5.74) is 4.41. The molecule has 2 N–H and O–H groups in total. The molecule has 0 atom stereocenters. The molecular weight excluding hydrogens is 434 g/mol. The zero-order valence-corrected chi connectivity index (χ0v) is 19.2. The lowest BCUT2D eigenvalue weighted by atomic mass is 10.1. The number of carboxylic acids is 1. The summed E-state index contributed by atoms with van der Waals surface area (Å²) >= 11 is 0. The van der Waals surface area contributed by atoms with Crippen LogP contribution < -0.4 is 5.32 Å². The van der Waals surface area contributed by atoms with E-state index in [9.17, 15) is 19.6 Å². The van der Waals surface area contributed by atoms with Crippen LogP contribution in [-0.4, -0.2) is 34.6 Å². The molecule has 34 heavy (non-hydrogen) atoms. The molecule has 0 saturated heterocycles. The highest BCUT2D eigenvalue weighted by molar-refractivity contribution is 6.10. The summed E-state index contributed by atoms with van der Waals surface area (Å²) in [4.78, 5) is 36.0. The third-order valence-electron chi connectivity index (χ3n) is 5.45. The molecule has 1 aromatic heterocycles. The molecular formula is C26H23N3O5. The molecule has 1 heterocycles. The Bertz CT molecular complexity index is 1380. The summed E-state index contributed by atoms with van der Waals surface area (Å²) in [6.07, 6.45) is 1.48. The van der Waals surface area contributed by atoms with Gasteiger partial charge < -0.3 is 19.7 Å². The summed E-state index contributed by atoms with van der Waals surface area (Å²) in [6.45, 7) is 5.57. The molecule has 0 spiro atoms. The molecule has 8 heteroatoms. The van der Waals surface area contributed by atoms with E-state index in [1.165, 1.54) is 31.4 Å². The molecule has 0 aliphatic rings. The van der Waals surface area contributed by atoms with Crippen molar-refractivity contribution in [3.63, 3.8) is 0 Å². The molecule has 1 amide bonds. The average molecular weight is 457 g/mol. The molecule has 0 fully saturated rings. The zero-order chi connectivity index (χ0) is 25.0. The van der Waals surface area contributed by atoms with Gasteiger partial charge in [0.2, 0.25) is 0 Å². The number of aryl methyl sites for hydroxylation is 1. The van der Waals surface area contributed by atoms with Crippen LogP contribution in [0.2, 0.25) is 0 Å². The van der Waals surface area contributed by atoms with Crippen molar-refractivity contribution in [2.75, 3.05) is 12.4 Å². The molecule has 8 nitrogen and oxygen atoms in total. The number of hydrogen-bond donors (Lipinski definition) is 2. The molecule has 3 rings (SSSR count). The number of nitrogens with one attached hydrogen (secondary N) is 1. The molecule has 0 radical (unpaired) electrons. The van der Waals surface area contributed by atoms with E-state index in [1.54, 1.807) is 18.2 Å². The third kappa shape index (κ3) is 4.74. The number of amides is 1. The number of methoxy groups -OCH3 is 1. The first-order chi connectivity index (χ1) is 16.2. The summed E-state index contributed by atoms with van der Waals surface area (Å²) in [6, 6.07) is 14.9. The van der Waals surface area contributed by atoms with Gasteiger partial charge in [0.1, 0.15) is 11.6 Å². The van der Waals surface area contributed by atoms with Crippen molar-refractivity contribution >= 4 is 29.6 Å². The number of anilines is 1. The van der Waals surface area contributed by atoms with Crippen LogP contribution in [-0.2, 0) is 9.53 Å². The van der Waals surface area contributed by atoms with E-state index >= 15 is 0 Å². The Morgan fingerprint density at radius 2 is 1.79 bits per heavy atom. The first-order valence-corrected chi connectivity index (χ1v) is 10.3. The molecule has 2 aromatic carbocycles. The monoisotopic (exact) mass is 457 g/mol. The van der Waals surface area contributed by atoms with Gasteiger partial charge in [-0.15, -0.1) is 0 Å². The van der Waals surface area contributed by atoms with Crippen LogP contribution in [0.15, 0.2) is 54.1 Å². The number of esters is 1. The molecule has 0 aliphatic heterocycles. The number of nitriles is 1. The fourth-order valence-electron chi connectivity index (χ4n) is 3.73. The second-order valence-electron chi connectivity index (χ2n) is 7.61. The minimum Gasteiger partial charge on any atom is -0.478 e. The Hall–Kier alpha value is -4.64. The molecule has 0 unspecified atom stereocenters. The highest BCUT2D eigenvalue weighted by Crippen LogP contribution is 2.27. The predicted molar refractivity (Wildman–Crippen MR) is 127 cm³/mol. The second-order valence-corrected chi connectivity index (χ2v) is 7.61. The molecule has 0 saturated carbocycles. The zero-order valence-electron chi connectivity index (χ0n) is 19.2. The lowest BCUT2D eigenvalue weighted by Gasteiger charge is -2.15. The lowest BCUT2D eigenvalue weighted by molar-refractivity contribution is -0.112. The topological polar surface area (TPSA) is 121 Å². The maximum atomic E-state index is 12.7. The van der Waals surface area contributed by atoms with Gasteiger partial charge in [-0.3, -0.25) is 4.79 Å². The van der Waals surface area contributed by atoms with E-state index in [-0.39, 0.29) is 16.8 Å². The van der Waals surface area contributed by atoms with E-state index in [0.29, 0.717) is 11.1 Å². The van der Waals surface area contributed by atoms with E-state index < -0.39 is 17.8 Å². The van der Waals surface area contributed by atoms with Crippen molar-refractivity contribution in [2.45, 2.75) is 20.8 Å². The second kappa shape index (κ2) is 9.88. The average Bonchev–Trinajstić information content (AvgIpc) is 3.09. The smallest absolute Gasteiger partial charge is 0.338 e. The van der Waals surface area contributed by atoms with Gasteiger partial charge in [-0.2, -0.15) is 5.26 Å². The SMILES string of the molecule is COC(=O)c1cccc(-n2c(C)cc(/C=C(/C#N)C(=O)Nc3cccc(C(=O)O)c3)c2C)c1C. The van der Waals surface area contributed by atoms with Crippen molar-refractivity contribution in [1.29, 1.82) is 5.26 Å². The number of aromatic nitrogens is 1. The Morgan fingerprint density at radius 3 is 2.44 bits per heavy atom. The van der Waals surface area contributed by atoms with Crippen molar-refractivity contribution in [1.82, 2.24) is 4.57 Å². The quantitative estimate of drug-likeness (QED) is 0.321. The van der Waals surface area contributed by atoms with Crippen LogP contribution in [0.1, 0.15) is 43.2 Å². The standard InChI is InChI=1S/C26H23N3O5/c1-15-11-19(17(3)29(15)23-10-6-9-22(16(23)2)26(33)34-4)12-20(14-27)24(30)28-21-8-5-7-18(13-21)25(31)32/h5-13H,1-4H3,(H,28,30)(H,31,32)/b20-12-.